The summed E-state index contributed by atoms with van der Waals surface area (Å²) in [5.41, 5.74) is 5.35. The van der Waals surface area contributed by atoms with E-state index in [0.717, 1.165) is 19.3 Å². The zero-order valence-electron chi connectivity index (χ0n) is 13.8. The van der Waals surface area contributed by atoms with E-state index < -0.39 is 11.3 Å². The monoisotopic (exact) mass is 301 g/mol. The molecule has 5 nitrogen and oxygen atoms in total. The number of carbonyl (C=O) groups is 1. The fraction of sp³-hybridized carbons (Fsp3) is 0.938. The van der Waals surface area contributed by atoms with Crippen LogP contribution in [0.25, 0.3) is 0 Å². The van der Waals surface area contributed by atoms with Gasteiger partial charge < -0.3 is 19.9 Å². The van der Waals surface area contributed by atoms with E-state index in [9.17, 15) is 4.79 Å². The van der Waals surface area contributed by atoms with Crippen molar-refractivity contribution < 1.29 is 19.0 Å². The number of hydrogen-bond donors (Lipinski definition) is 1. The molecule has 0 atom stereocenters. The maximum absolute atomic E-state index is 12.1. The summed E-state index contributed by atoms with van der Waals surface area (Å²) in [6, 6.07) is 0. The summed E-state index contributed by atoms with van der Waals surface area (Å²) in [6.07, 6.45) is 5.08. The number of nitrogens with two attached hydrogens (primary N) is 1. The van der Waals surface area contributed by atoms with Crippen LogP contribution >= 0.6 is 0 Å². The third-order valence-corrected chi connectivity index (χ3v) is 3.89. The van der Waals surface area contributed by atoms with Gasteiger partial charge in [0.1, 0.15) is 5.54 Å². The van der Waals surface area contributed by atoms with Gasteiger partial charge in [0.2, 0.25) is 0 Å². The van der Waals surface area contributed by atoms with Crippen molar-refractivity contribution in [3.05, 3.63) is 0 Å². The summed E-state index contributed by atoms with van der Waals surface area (Å²) in [5.74, 6) is -0.858. The molecule has 0 unspecified atom stereocenters. The fourth-order valence-corrected chi connectivity index (χ4v) is 2.53. The second-order valence-corrected chi connectivity index (χ2v) is 5.90. The van der Waals surface area contributed by atoms with Gasteiger partial charge in [0.05, 0.1) is 6.61 Å². The lowest BCUT2D eigenvalue weighted by atomic mass is 9.79. The van der Waals surface area contributed by atoms with Crippen LogP contribution in [0.1, 0.15) is 65.7 Å². The molecule has 2 N–H and O–H groups in total. The van der Waals surface area contributed by atoms with Gasteiger partial charge in [-0.3, -0.25) is 4.79 Å². The summed E-state index contributed by atoms with van der Waals surface area (Å²) in [6.45, 7) is 7.89. The van der Waals surface area contributed by atoms with Crippen molar-refractivity contribution in [3.63, 3.8) is 0 Å². The molecule has 0 aromatic carbocycles. The van der Waals surface area contributed by atoms with E-state index in [-0.39, 0.29) is 5.97 Å². The molecule has 0 aromatic heterocycles. The molecule has 0 spiro atoms. The first-order chi connectivity index (χ1) is 10.0. The lowest BCUT2D eigenvalue weighted by molar-refractivity contribution is -0.257. The highest BCUT2D eigenvalue weighted by Crippen LogP contribution is 2.38. The van der Waals surface area contributed by atoms with Crippen molar-refractivity contribution in [2.45, 2.75) is 77.0 Å². The topological polar surface area (TPSA) is 70.8 Å². The van der Waals surface area contributed by atoms with Crippen molar-refractivity contribution in [3.8, 4) is 0 Å². The van der Waals surface area contributed by atoms with Crippen LogP contribution in [0, 0.1) is 0 Å². The molecule has 0 aliphatic heterocycles. The first-order valence-corrected chi connectivity index (χ1v) is 8.26. The summed E-state index contributed by atoms with van der Waals surface area (Å²) >= 11 is 0. The molecule has 1 aliphatic rings. The van der Waals surface area contributed by atoms with Crippen LogP contribution in [-0.4, -0.2) is 37.1 Å². The lowest BCUT2D eigenvalue weighted by Crippen LogP contribution is -2.56. The molecule has 0 saturated heterocycles. The van der Waals surface area contributed by atoms with Gasteiger partial charge in [0.25, 0.3) is 0 Å². The Morgan fingerprint density at radius 3 is 1.81 bits per heavy atom. The Bertz CT molecular complexity index is 301. The van der Waals surface area contributed by atoms with Crippen LogP contribution in [-0.2, 0) is 19.0 Å². The Morgan fingerprint density at radius 2 is 1.38 bits per heavy atom. The first kappa shape index (κ1) is 18.4. The third-order valence-electron chi connectivity index (χ3n) is 3.89. The molecule has 5 heteroatoms. The number of rotatable bonds is 9. The van der Waals surface area contributed by atoms with E-state index in [1.165, 1.54) is 0 Å². The molecule has 21 heavy (non-hydrogen) atoms. The number of carbonyl (C=O) groups excluding carboxylic acids is 1. The van der Waals surface area contributed by atoms with Crippen molar-refractivity contribution >= 4 is 5.97 Å². The molecule has 0 bridgehead atoms. The zero-order valence-corrected chi connectivity index (χ0v) is 13.8. The molecule has 1 aliphatic carbocycles. The average molecular weight is 301 g/mol. The molecule has 0 radical (unpaired) electrons. The van der Waals surface area contributed by atoms with Gasteiger partial charge in [-0.05, 0) is 32.1 Å². The van der Waals surface area contributed by atoms with Gasteiger partial charge in [0.15, 0.2) is 5.79 Å². The summed E-state index contributed by atoms with van der Waals surface area (Å²) < 4.78 is 17.1. The van der Waals surface area contributed by atoms with Crippen molar-refractivity contribution in [1.29, 1.82) is 0 Å². The largest absolute Gasteiger partial charge is 0.464 e. The van der Waals surface area contributed by atoms with E-state index in [1.807, 2.05) is 6.92 Å². The second-order valence-electron chi connectivity index (χ2n) is 5.90. The molecular weight excluding hydrogens is 270 g/mol. The molecule has 0 aromatic rings. The van der Waals surface area contributed by atoms with Crippen LogP contribution in [0.3, 0.4) is 0 Å². The minimum Gasteiger partial charge on any atom is -0.464 e. The lowest BCUT2D eigenvalue weighted by Gasteiger charge is -2.42. The fourth-order valence-electron chi connectivity index (χ4n) is 2.53. The van der Waals surface area contributed by atoms with E-state index in [2.05, 4.69) is 13.8 Å². The SMILES string of the molecule is CCCOC(=O)C1(N)CCC(OCCC)(OCCC)CC1. The number of hydrogen-bond acceptors (Lipinski definition) is 5. The Hall–Kier alpha value is -0.650. The molecule has 124 valence electrons. The van der Waals surface area contributed by atoms with Crippen molar-refractivity contribution in [1.82, 2.24) is 0 Å². The van der Waals surface area contributed by atoms with Crippen molar-refractivity contribution in [2.24, 2.45) is 5.73 Å². The van der Waals surface area contributed by atoms with Gasteiger partial charge in [-0.1, -0.05) is 20.8 Å². The van der Waals surface area contributed by atoms with Gasteiger partial charge in [-0.2, -0.15) is 0 Å². The highest BCUT2D eigenvalue weighted by molar-refractivity contribution is 5.80. The Balaban J connectivity index is 2.61. The molecule has 0 heterocycles. The van der Waals surface area contributed by atoms with E-state index >= 15 is 0 Å². The first-order valence-electron chi connectivity index (χ1n) is 8.26. The third kappa shape index (κ3) is 5.24. The summed E-state index contributed by atoms with van der Waals surface area (Å²) in [7, 11) is 0. The summed E-state index contributed by atoms with van der Waals surface area (Å²) in [5, 5.41) is 0. The Kier molecular flexibility index (Phi) is 7.63. The number of esters is 1. The highest BCUT2D eigenvalue weighted by Gasteiger charge is 2.46. The second kappa shape index (κ2) is 8.71. The van der Waals surface area contributed by atoms with E-state index in [1.54, 1.807) is 0 Å². The zero-order chi connectivity index (χ0) is 15.8. The molecule has 1 saturated carbocycles. The predicted molar refractivity (Wildman–Crippen MR) is 81.9 cm³/mol. The van der Waals surface area contributed by atoms with Gasteiger partial charge in [-0.15, -0.1) is 0 Å². The average Bonchev–Trinajstić information content (AvgIpc) is 2.51. The number of ether oxygens (including phenoxy) is 3. The van der Waals surface area contributed by atoms with E-state index in [4.69, 9.17) is 19.9 Å². The van der Waals surface area contributed by atoms with Gasteiger partial charge >= 0.3 is 5.97 Å². The normalized spacial score (nSPS) is 20.2. The van der Waals surface area contributed by atoms with Crippen LogP contribution in [0.5, 0.6) is 0 Å². The molecular formula is C16H31NO4. The standard InChI is InChI=1S/C16H31NO4/c1-4-11-19-14(18)15(17)7-9-16(10-8-15,20-12-5-2)21-13-6-3/h4-13,17H2,1-3H3. The van der Waals surface area contributed by atoms with Crippen molar-refractivity contribution in [2.75, 3.05) is 19.8 Å². The Labute approximate surface area is 128 Å². The van der Waals surface area contributed by atoms with Gasteiger partial charge in [0, 0.05) is 26.1 Å². The smallest absolute Gasteiger partial charge is 0.326 e. The van der Waals surface area contributed by atoms with Crippen LogP contribution < -0.4 is 5.73 Å². The van der Waals surface area contributed by atoms with E-state index in [0.29, 0.717) is 45.5 Å². The van der Waals surface area contributed by atoms with Crippen LogP contribution in [0.15, 0.2) is 0 Å². The minimum absolute atomic E-state index is 0.288. The predicted octanol–water partition coefficient (Wildman–Crippen LogP) is 2.76. The van der Waals surface area contributed by atoms with Crippen LogP contribution in [0.4, 0.5) is 0 Å². The maximum atomic E-state index is 12.1. The molecule has 1 fully saturated rings. The van der Waals surface area contributed by atoms with Gasteiger partial charge in [-0.25, -0.2) is 0 Å². The summed E-state index contributed by atoms with van der Waals surface area (Å²) in [4.78, 5) is 12.1. The molecule has 1 rings (SSSR count). The molecule has 0 amide bonds. The highest BCUT2D eigenvalue weighted by atomic mass is 16.7. The minimum atomic E-state index is -0.885. The Morgan fingerprint density at radius 1 is 0.905 bits per heavy atom. The van der Waals surface area contributed by atoms with Crippen LogP contribution in [0.2, 0.25) is 0 Å². The maximum Gasteiger partial charge on any atom is 0.326 e. The quantitative estimate of drug-likeness (QED) is 0.524.